The lowest BCUT2D eigenvalue weighted by molar-refractivity contribution is 0.0878. The highest BCUT2D eigenvalue weighted by molar-refractivity contribution is 5.93. The second kappa shape index (κ2) is 6.05. The number of amides is 1. The number of nitrogens with zero attached hydrogens (tertiary/aromatic N) is 3. The summed E-state index contributed by atoms with van der Waals surface area (Å²) in [5, 5.41) is 7.12. The Morgan fingerprint density at radius 2 is 2.24 bits per heavy atom. The third-order valence-corrected chi connectivity index (χ3v) is 3.84. The van der Waals surface area contributed by atoms with Gasteiger partial charge in [-0.3, -0.25) is 9.78 Å². The Morgan fingerprint density at radius 3 is 2.81 bits per heavy atom. The first-order chi connectivity index (χ1) is 9.96. The standard InChI is InChI=1S/C15H21N5O/c1-11(2)15(3,10-16)19-14(21)13-9-12(5-7-17-13)20-8-4-6-18-20/h4-9,11H,10,16H2,1-3H3,(H,19,21). The molecule has 2 heterocycles. The number of nitrogens with two attached hydrogens (primary N) is 1. The number of carbonyl (C=O) groups is 1. The maximum Gasteiger partial charge on any atom is 0.270 e. The number of rotatable bonds is 5. The minimum atomic E-state index is -0.458. The van der Waals surface area contributed by atoms with Gasteiger partial charge >= 0.3 is 0 Å². The number of carbonyl (C=O) groups excluding carboxylic acids is 1. The summed E-state index contributed by atoms with van der Waals surface area (Å²) >= 11 is 0. The lowest BCUT2D eigenvalue weighted by Crippen LogP contribution is -2.55. The highest BCUT2D eigenvalue weighted by Gasteiger charge is 2.29. The molecule has 0 aromatic carbocycles. The second-order valence-electron chi connectivity index (χ2n) is 5.58. The molecule has 0 aliphatic rings. The Balaban J connectivity index is 2.22. The Labute approximate surface area is 124 Å². The average Bonchev–Trinajstić information content (AvgIpc) is 3.01. The molecule has 0 radical (unpaired) electrons. The van der Waals surface area contributed by atoms with E-state index in [9.17, 15) is 4.79 Å². The first-order valence-corrected chi connectivity index (χ1v) is 6.95. The van der Waals surface area contributed by atoms with E-state index in [4.69, 9.17) is 5.73 Å². The van der Waals surface area contributed by atoms with Gasteiger partial charge < -0.3 is 11.1 Å². The molecule has 0 saturated carbocycles. The monoisotopic (exact) mass is 287 g/mol. The fourth-order valence-corrected chi connectivity index (χ4v) is 1.86. The molecular weight excluding hydrogens is 266 g/mol. The van der Waals surface area contributed by atoms with Gasteiger partial charge in [0.25, 0.3) is 5.91 Å². The maximum absolute atomic E-state index is 12.4. The zero-order valence-electron chi connectivity index (χ0n) is 12.6. The fourth-order valence-electron chi connectivity index (χ4n) is 1.86. The molecule has 0 aliphatic heterocycles. The maximum atomic E-state index is 12.4. The molecule has 1 amide bonds. The van der Waals surface area contributed by atoms with Crippen LogP contribution in [0.15, 0.2) is 36.8 Å². The van der Waals surface area contributed by atoms with Crippen molar-refractivity contribution in [3.63, 3.8) is 0 Å². The van der Waals surface area contributed by atoms with Crippen LogP contribution in [0.1, 0.15) is 31.3 Å². The van der Waals surface area contributed by atoms with E-state index >= 15 is 0 Å². The summed E-state index contributed by atoms with van der Waals surface area (Å²) in [7, 11) is 0. The van der Waals surface area contributed by atoms with Gasteiger partial charge in [0.2, 0.25) is 0 Å². The molecule has 1 unspecified atom stereocenters. The molecule has 21 heavy (non-hydrogen) atoms. The van der Waals surface area contributed by atoms with Gasteiger partial charge in [-0.15, -0.1) is 0 Å². The van der Waals surface area contributed by atoms with Crippen molar-refractivity contribution in [1.82, 2.24) is 20.1 Å². The zero-order valence-corrected chi connectivity index (χ0v) is 12.6. The molecule has 0 fully saturated rings. The van der Waals surface area contributed by atoms with E-state index in [2.05, 4.69) is 15.4 Å². The second-order valence-corrected chi connectivity index (χ2v) is 5.58. The lowest BCUT2D eigenvalue weighted by atomic mass is 9.88. The van der Waals surface area contributed by atoms with Gasteiger partial charge in [0.15, 0.2) is 0 Å². The van der Waals surface area contributed by atoms with Crippen LogP contribution in [0, 0.1) is 5.92 Å². The van der Waals surface area contributed by atoms with E-state index in [0.717, 1.165) is 5.69 Å². The topological polar surface area (TPSA) is 85.8 Å². The van der Waals surface area contributed by atoms with Crippen LogP contribution in [-0.4, -0.2) is 32.8 Å². The van der Waals surface area contributed by atoms with Crippen LogP contribution in [0.3, 0.4) is 0 Å². The Kier molecular flexibility index (Phi) is 4.37. The predicted octanol–water partition coefficient (Wildman–Crippen LogP) is 1.37. The van der Waals surface area contributed by atoms with Gasteiger partial charge in [-0.1, -0.05) is 13.8 Å². The molecule has 1 atom stereocenters. The van der Waals surface area contributed by atoms with Crippen LogP contribution in [-0.2, 0) is 0 Å². The normalized spacial score (nSPS) is 14.0. The zero-order chi connectivity index (χ0) is 15.5. The molecular formula is C15H21N5O. The van der Waals surface area contributed by atoms with E-state index in [1.165, 1.54) is 0 Å². The number of pyridine rings is 1. The van der Waals surface area contributed by atoms with Crippen molar-refractivity contribution in [2.24, 2.45) is 11.7 Å². The summed E-state index contributed by atoms with van der Waals surface area (Å²) < 4.78 is 1.68. The summed E-state index contributed by atoms with van der Waals surface area (Å²) in [5.41, 5.74) is 6.48. The van der Waals surface area contributed by atoms with Crippen LogP contribution >= 0.6 is 0 Å². The SMILES string of the molecule is CC(C)C(C)(CN)NC(=O)c1cc(-n2cccn2)ccn1. The van der Waals surface area contributed by atoms with Crippen molar-refractivity contribution in [1.29, 1.82) is 0 Å². The van der Waals surface area contributed by atoms with Crippen molar-refractivity contribution >= 4 is 5.91 Å². The third-order valence-electron chi connectivity index (χ3n) is 3.84. The van der Waals surface area contributed by atoms with E-state index in [1.807, 2.05) is 33.0 Å². The Bertz CT molecular complexity index is 608. The van der Waals surface area contributed by atoms with Gasteiger partial charge in [0.05, 0.1) is 11.2 Å². The summed E-state index contributed by atoms with van der Waals surface area (Å²) in [6.07, 6.45) is 5.10. The molecule has 0 aliphatic carbocycles. The van der Waals surface area contributed by atoms with Gasteiger partial charge in [-0.25, -0.2) is 4.68 Å². The molecule has 0 saturated heterocycles. The quantitative estimate of drug-likeness (QED) is 0.869. The van der Waals surface area contributed by atoms with E-state index in [0.29, 0.717) is 12.2 Å². The minimum Gasteiger partial charge on any atom is -0.344 e. The highest BCUT2D eigenvalue weighted by Crippen LogP contribution is 2.16. The van der Waals surface area contributed by atoms with Gasteiger partial charge in [-0.2, -0.15) is 5.10 Å². The molecule has 2 aromatic heterocycles. The molecule has 2 rings (SSSR count). The van der Waals surface area contributed by atoms with E-state index < -0.39 is 5.54 Å². The largest absolute Gasteiger partial charge is 0.344 e. The smallest absolute Gasteiger partial charge is 0.270 e. The van der Waals surface area contributed by atoms with Gasteiger partial charge in [0.1, 0.15) is 5.69 Å². The highest BCUT2D eigenvalue weighted by atomic mass is 16.2. The number of nitrogens with one attached hydrogen (secondary N) is 1. The van der Waals surface area contributed by atoms with Crippen molar-refractivity contribution in [3.8, 4) is 5.69 Å². The van der Waals surface area contributed by atoms with Crippen molar-refractivity contribution in [2.75, 3.05) is 6.54 Å². The third kappa shape index (κ3) is 3.28. The van der Waals surface area contributed by atoms with Crippen molar-refractivity contribution < 1.29 is 4.79 Å². The molecule has 0 spiro atoms. The van der Waals surface area contributed by atoms with Crippen LogP contribution in [0.25, 0.3) is 5.69 Å². The molecule has 6 nitrogen and oxygen atoms in total. The van der Waals surface area contributed by atoms with E-state index in [1.54, 1.807) is 29.2 Å². The fraction of sp³-hybridized carbons (Fsp3) is 0.400. The van der Waals surface area contributed by atoms with Gasteiger partial charge in [-0.05, 0) is 31.0 Å². The van der Waals surface area contributed by atoms with Crippen molar-refractivity contribution in [2.45, 2.75) is 26.3 Å². The number of aromatic nitrogens is 3. The van der Waals surface area contributed by atoms with Crippen LogP contribution in [0.2, 0.25) is 0 Å². The Morgan fingerprint density at radius 1 is 1.48 bits per heavy atom. The first-order valence-electron chi connectivity index (χ1n) is 6.95. The molecule has 0 bridgehead atoms. The first kappa shape index (κ1) is 15.2. The Hall–Kier alpha value is -2.21. The van der Waals surface area contributed by atoms with Crippen LogP contribution in [0.4, 0.5) is 0 Å². The lowest BCUT2D eigenvalue weighted by Gasteiger charge is -2.33. The molecule has 2 aromatic rings. The van der Waals surface area contributed by atoms with Crippen molar-refractivity contribution in [3.05, 3.63) is 42.5 Å². The number of hydrogen-bond acceptors (Lipinski definition) is 4. The summed E-state index contributed by atoms with van der Waals surface area (Å²) in [4.78, 5) is 16.5. The average molecular weight is 287 g/mol. The van der Waals surface area contributed by atoms with E-state index in [-0.39, 0.29) is 11.8 Å². The van der Waals surface area contributed by atoms with Crippen LogP contribution < -0.4 is 11.1 Å². The molecule has 3 N–H and O–H groups in total. The summed E-state index contributed by atoms with van der Waals surface area (Å²) in [6, 6.07) is 5.33. The molecule has 112 valence electrons. The predicted molar refractivity (Wildman–Crippen MR) is 81.1 cm³/mol. The molecule has 6 heteroatoms. The number of hydrogen-bond donors (Lipinski definition) is 2. The van der Waals surface area contributed by atoms with Gasteiger partial charge in [0, 0.05) is 25.1 Å². The summed E-state index contributed by atoms with van der Waals surface area (Å²) in [5.74, 6) is -0.00796. The van der Waals surface area contributed by atoms with Crippen LogP contribution in [0.5, 0.6) is 0 Å². The minimum absolute atomic E-state index is 0.223. The summed E-state index contributed by atoms with van der Waals surface area (Å²) in [6.45, 7) is 6.36.